The van der Waals surface area contributed by atoms with Gasteiger partial charge in [-0.2, -0.15) is 0 Å². The number of rotatable bonds is 1. The minimum Gasteiger partial charge on any atom is -0.444 e. The largest absolute Gasteiger partial charge is 0.444 e. The molecule has 4 heteroatoms. The highest BCUT2D eigenvalue weighted by molar-refractivity contribution is 5.68. The molecular formula is C15H21N2O2. The van der Waals surface area contributed by atoms with E-state index in [2.05, 4.69) is 16.5 Å². The van der Waals surface area contributed by atoms with E-state index in [1.54, 1.807) is 0 Å². The predicted molar refractivity (Wildman–Crippen MR) is 72.7 cm³/mol. The number of ether oxygens (including phenoxy) is 1. The molecule has 0 saturated carbocycles. The van der Waals surface area contributed by atoms with Crippen molar-refractivity contribution in [3.05, 3.63) is 29.6 Å². The summed E-state index contributed by atoms with van der Waals surface area (Å²) in [4.78, 5) is 15.9. The molecule has 2 rings (SSSR count). The summed E-state index contributed by atoms with van der Waals surface area (Å²) >= 11 is 0. The van der Waals surface area contributed by atoms with Crippen LogP contribution < -0.4 is 5.32 Å². The minimum absolute atomic E-state index is 0.00514. The Bertz CT molecular complexity index is 452. The summed E-state index contributed by atoms with van der Waals surface area (Å²) < 4.78 is 5.32. The molecule has 4 nitrogen and oxygen atoms in total. The first-order valence-electron chi connectivity index (χ1n) is 6.80. The van der Waals surface area contributed by atoms with Crippen LogP contribution in [0.2, 0.25) is 0 Å². The van der Waals surface area contributed by atoms with Crippen molar-refractivity contribution in [2.75, 3.05) is 0 Å². The van der Waals surface area contributed by atoms with Gasteiger partial charge in [0.05, 0.1) is 12.2 Å². The molecule has 1 aliphatic rings. The van der Waals surface area contributed by atoms with Crippen LogP contribution in [0.4, 0.5) is 4.79 Å². The smallest absolute Gasteiger partial charge is 0.408 e. The molecule has 103 valence electrons. The summed E-state index contributed by atoms with van der Waals surface area (Å²) in [6.07, 6.45) is 8.50. The number of nitrogens with one attached hydrogen (secondary N) is 1. The topological polar surface area (TPSA) is 51.2 Å². The fourth-order valence-electron chi connectivity index (χ4n) is 2.34. The summed E-state index contributed by atoms with van der Waals surface area (Å²) in [7, 11) is 0. The number of nitrogens with zero attached hydrogens (tertiary/aromatic N) is 1. The Balaban J connectivity index is 2.10. The maximum absolute atomic E-state index is 11.9. The molecule has 1 heterocycles. The van der Waals surface area contributed by atoms with Crippen LogP contribution >= 0.6 is 0 Å². The molecule has 1 radical (unpaired) electrons. The van der Waals surface area contributed by atoms with Crippen LogP contribution in [0, 0.1) is 6.20 Å². The number of fused-ring (bicyclic) bond motifs is 1. The van der Waals surface area contributed by atoms with Crippen LogP contribution in [0.3, 0.4) is 0 Å². The minimum atomic E-state index is -0.472. The average Bonchev–Trinajstić information content (AvgIpc) is 2.50. The zero-order chi connectivity index (χ0) is 13.9. The van der Waals surface area contributed by atoms with Crippen LogP contribution in [0.1, 0.15) is 57.2 Å². The van der Waals surface area contributed by atoms with Gasteiger partial charge in [-0.25, -0.2) is 4.79 Å². The van der Waals surface area contributed by atoms with Crippen molar-refractivity contribution in [1.82, 2.24) is 10.3 Å². The molecule has 1 aromatic rings. The van der Waals surface area contributed by atoms with E-state index >= 15 is 0 Å². The summed E-state index contributed by atoms with van der Waals surface area (Å²) in [6, 6.07) is 1.92. The first kappa shape index (κ1) is 13.8. The van der Waals surface area contributed by atoms with E-state index in [-0.39, 0.29) is 12.1 Å². The third-order valence-corrected chi connectivity index (χ3v) is 3.14. The summed E-state index contributed by atoms with van der Waals surface area (Å²) in [5.41, 5.74) is 1.86. The van der Waals surface area contributed by atoms with Gasteiger partial charge in [-0.3, -0.25) is 4.98 Å². The molecule has 1 unspecified atom stereocenters. The van der Waals surface area contributed by atoms with Gasteiger partial charge in [-0.05, 0) is 57.2 Å². The van der Waals surface area contributed by atoms with Gasteiger partial charge in [0.15, 0.2) is 0 Å². The van der Waals surface area contributed by atoms with Gasteiger partial charge in [-0.15, -0.1) is 0 Å². The molecule has 1 aromatic heterocycles. The molecule has 0 bridgehead atoms. The maximum Gasteiger partial charge on any atom is 0.408 e. The molecule has 1 amide bonds. The lowest BCUT2D eigenvalue weighted by Gasteiger charge is -2.23. The van der Waals surface area contributed by atoms with E-state index in [4.69, 9.17) is 4.74 Å². The Labute approximate surface area is 114 Å². The molecule has 1 atom stereocenters. The van der Waals surface area contributed by atoms with Crippen molar-refractivity contribution in [3.63, 3.8) is 0 Å². The normalized spacial score (nSPS) is 19.2. The van der Waals surface area contributed by atoms with E-state index < -0.39 is 5.60 Å². The third kappa shape index (κ3) is 3.94. The number of carbonyl (C=O) groups is 1. The second-order valence-corrected chi connectivity index (χ2v) is 5.96. The average molecular weight is 261 g/mol. The Hall–Kier alpha value is -1.58. The summed E-state index contributed by atoms with van der Waals surface area (Å²) in [5, 5.41) is 2.96. The summed E-state index contributed by atoms with van der Waals surface area (Å²) in [6.45, 7) is 5.60. The van der Waals surface area contributed by atoms with Gasteiger partial charge in [0, 0.05) is 6.20 Å². The van der Waals surface area contributed by atoms with Gasteiger partial charge >= 0.3 is 6.09 Å². The van der Waals surface area contributed by atoms with Crippen molar-refractivity contribution in [2.45, 2.75) is 58.1 Å². The van der Waals surface area contributed by atoms with Gasteiger partial charge in [-0.1, -0.05) is 6.42 Å². The first-order chi connectivity index (χ1) is 8.96. The maximum atomic E-state index is 11.9. The lowest BCUT2D eigenvalue weighted by Crippen LogP contribution is -2.35. The fourth-order valence-corrected chi connectivity index (χ4v) is 2.34. The molecule has 0 saturated heterocycles. The number of aromatic nitrogens is 1. The van der Waals surface area contributed by atoms with Crippen molar-refractivity contribution in [3.8, 4) is 0 Å². The molecular weight excluding hydrogens is 240 g/mol. The van der Waals surface area contributed by atoms with Gasteiger partial charge in [0.25, 0.3) is 0 Å². The lowest BCUT2D eigenvalue weighted by molar-refractivity contribution is 0.0501. The number of hydrogen-bond acceptors (Lipinski definition) is 3. The van der Waals surface area contributed by atoms with E-state index in [1.165, 1.54) is 5.56 Å². The van der Waals surface area contributed by atoms with Crippen molar-refractivity contribution in [2.24, 2.45) is 0 Å². The zero-order valence-electron chi connectivity index (χ0n) is 11.8. The van der Waals surface area contributed by atoms with Gasteiger partial charge < -0.3 is 10.1 Å². The van der Waals surface area contributed by atoms with E-state index in [1.807, 2.05) is 33.0 Å². The predicted octanol–water partition coefficient (Wildman–Crippen LogP) is 3.17. The quantitative estimate of drug-likeness (QED) is 0.790. The number of pyridine rings is 1. The Kier molecular flexibility index (Phi) is 4.08. The molecule has 1 N–H and O–H groups in total. The van der Waals surface area contributed by atoms with Crippen LogP contribution in [0.25, 0.3) is 0 Å². The van der Waals surface area contributed by atoms with Gasteiger partial charge in [0.1, 0.15) is 5.60 Å². The van der Waals surface area contributed by atoms with Crippen LogP contribution in [0.5, 0.6) is 0 Å². The standard InChI is InChI=1S/C15H21N2O2/c1-15(2,3)19-14(18)17-13-7-5-4-6-11-8-9-16-10-12(11)13/h8,10,13H,4-7H2,1-3H3,(H,17,18). The van der Waals surface area contributed by atoms with E-state index in [0.717, 1.165) is 31.2 Å². The molecule has 1 aliphatic carbocycles. The molecule has 19 heavy (non-hydrogen) atoms. The Morgan fingerprint density at radius 1 is 1.47 bits per heavy atom. The number of alkyl carbamates (subject to hydrolysis) is 1. The second kappa shape index (κ2) is 5.59. The van der Waals surface area contributed by atoms with Gasteiger partial charge in [0.2, 0.25) is 0 Å². The highest BCUT2D eigenvalue weighted by atomic mass is 16.6. The number of hydrogen-bond donors (Lipinski definition) is 1. The Morgan fingerprint density at radius 3 is 3.00 bits per heavy atom. The monoisotopic (exact) mass is 261 g/mol. The van der Waals surface area contributed by atoms with Crippen LogP contribution in [0.15, 0.2) is 12.3 Å². The number of carbonyl (C=O) groups excluding carboxylic acids is 1. The van der Waals surface area contributed by atoms with E-state index in [0.29, 0.717) is 0 Å². The van der Waals surface area contributed by atoms with Crippen molar-refractivity contribution in [1.29, 1.82) is 0 Å². The second-order valence-electron chi connectivity index (χ2n) is 5.96. The van der Waals surface area contributed by atoms with Crippen molar-refractivity contribution < 1.29 is 9.53 Å². The molecule has 0 spiro atoms. The SMILES string of the molecule is CC(C)(C)OC(=O)NC1CCCCc2c[c]ncc21. The number of amides is 1. The van der Waals surface area contributed by atoms with Crippen LogP contribution in [-0.2, 0) is 11.2 Å². The number of aryl methyl sites for hydroxylation is 1. The molecule has 0 fully saturated rings. The third-order valence-electron chi connectivity index (χ3n) is 3.14. The zero-order valence-corrected chi connectivity index (χ0v) is 11.8. The highest BCUT2D eigenvalue weighted by Gasteiger charge is 2.23. The fraction of sp³-hybridized carbons (Fsp3) is 0.600. The highest BCUT2D eigenvalue weighted by Crippen LogP contribution is 2.28. The van der Waals surface area contributed by atoms with Crippen LogP contribution in [-0.4, -0.2) is 16.7 Å². The first-order valence-corrected chi connectivity index (χ1v) is 6.80. The summed E-state index contributed by atoms with van der Waals surface area (Å²) in [5.74, 6) is 0. The van der Waals surface area contributed by atoms with E-state index in [9.17, 15) is 4.79 Å². The molecule has 0 aromatic carbocycles. The molecule has 0 aliphatic heterocycles. The Morgan fingerprint density at radius 2 is 2.26 bits per heavy atom. The lowest BCUT2D eigenvalue weighted by atomic mass is 10.0. The van der Waals surface area contributed by atoms with Crippen molar-refractivity contribution >= 4 is 6.09 Å².